The van der Waals surface area contributed by atoms with Gasteiger partial charge in [0.25, 0.3) is 5.91 Å². The Bertz CT molecular complexity index is 1040. The Balaban J connectivity index is 1.70. The third-order valence-corrected chi connectivity index (χ3v) is 6.59. The summed E-state index contributed by atoms with van der Waals surface area (Å²) in [6.07, 6.45) is 2.76. The molecule has 31 heavy (non-hydrogen) atoms. The van der Waals surface area contributed by atoms with E-state index >= 15 is 0 Å². The second-order valence-electron chi connectivity index (χ2n) is 8.59. The van der Waals surface area contributed by atoms with Gasteiger partial charge in [-0.15, -0.1) is 0 Å². The third kappa shape index (κ3) is 3.60. The second-order valence-corrected chi connectivity index (χ2v) is 8.59. The number of carbonyl (C=O) groups excluding carboxylic acids is 2. The second kappa shape index (κ2) is 8.52. The quantitative estimate of drug-likeness (QED) is 0.810. The molecule has 2 aromatic rings. The highest BCUT2D eigenvalue weighted by molar-refractivity contribution is 5.95. The summed E-state index contributed by atoms with van der Waals surface area (Å²) < 4.78 is 0. The number of benzene rings is 2. The van der Waals surface area contributed by atoms with Crippen molar-refractivity contribution in [3.63, 3.8) is 0 Å². The average molecular weight is 418 g/mol. The highest BCUT2D eigenvalue weighted by Gasteiger charge is 2.53. The first-order valence-electron chi connectivity index (χ1n) is 10.7. The standard InChI is InChI=1S/C25H27N3O3/c1-27(2)24(30)18-10-6-9-17(13-18)19-11-3-4-12-20(19)23-21(14-26)28(22(23)15-29)25(31)16-7-5-8-16/h3-4,6,9-13,16,21-23,29H,5,7-8,15H2,1-2H3/t21-,22+,23-/m1/s1. The summed E-state index contributed by atoms with van der Waals surface area (Å²) in [5.41, 5.74) is 3.29. The van der Waals surface area contributed by atoms with Crippen LogP contribution in [0.3, 0.4) is 0 Å². The van der Waals surface area contributed by atoms with Crippen molar-refractivity contribution in [2.75, 3.05) is 20.7 Å². The van der Waals surface area contributed by atoms with E-state index in [9.17, 15) is 20.0 Å². The largest absolute Gasteiger partial charge is 0.394 e. The van der Waals surface area contributed by atoms with E-state index in [1.807, 2.05) is 42.5 Å². The van der Waals surface area contributed by atoms with Crippen LogP contribution in [0.15, 0.2) is 48.5 Å². The Labute approximate surface area is 182 Å². The van der Waals surface area contributed by atoms with Crippen molar-refractivity contribution in [2.45, 2.75) is 37.3 Å². The zero-order valence-corrected chi connectivity index (χ0v) is 17.9. The molecule has 0 spiro atoms. The van der Waals surface area contributed by atoms with Gasteiger partial charge in [0.15, 0.2) is 0 Å². The molecule has 0 unspecified atom stereocenters. The molecule has 6 heteroatoms. The molecular weight excluding hydrogens is 390 g/mol. The molecule has 1 saturated heterocycles. The molecule has 1 aliphatic carbocycles. The van der Waals surface area contributed by atoms with Crippen LogP contribution in [-0.4, -0.2) is 59.5 Å². The van der Waals surface area contributed by atoms with Gasteiger partial charge in [-0.05, 0) is 41.7 Å². The van der Waals surface area contributed by atoms with Crippen LogP contribution in [0.2, 0.25) is 0 Å². The lowest BCUT2D eigenvalue weighted by Crippen LogP contribution is -2.66. The van der Waals surface area contributed by atoms with Crippen LogP contribution in [0.25, 0.3) is 11.1 Å². The first-order valence-corrected chi connectivity index (χ1v) is 10.7. The summed E-state index contributed by atoms with van der Waals surface area (Å²) in [6.45, 7) is -0.186. The summed E-state index contributed by atoms with van der Waals surface area (Å²) in [7, 11) is 3.43. The van der Waals surface area contributed by atoms with Crippen molar-refractivity contribution in [1.82, 2.24) is 9.80 Å². The van der Waals surface area contributed by atoms with E-state index in [0.29, 0.717) is 5.56 Å². The van der Waals surface area contributed by atoms with E-state index in [2.05, 4.69) is 6.07 Å². The molecule has 160 valence electrons. The fourth-order valence-corrected chi connectivity index (χ4v) is 4.68. The Hall–Kier alpha value is -3.17. The number of carbonyl (C=O) groups is 2. The van der Waals surface area contributed by atoms with Gasteiger partial charge in [0.2, 0.25) is 5.91 Å². The maximum Gasteiger partial charge on any atom is 0.253 e. The van der Waals surface area contributed by atoms with Gasteiger partial charge in [-0.25, -0.2) is 0 Å². The van der Waals surface area contributed by atoms with E-state index in [1.54, 1.807) is 25.1 Å². The van der Waals surface area contributed by atoms with E-state index < -0.39 is 12.1 Å². The molecule has 2 aromatic carbocycles. The van der Waals surface area contributed by atoms with Crippen molar-refractivity contribution >= 4 is 11.8 Å². The predicted octanol–water partition coefficient (Wildman–Crippen LogP) is 3.03. The summed E-state index contributed by atoms with van der Waals surface area (Å²) in [5.74, 6) is -0.384. The van der Waals surface area contributed by atoms with E-state index in [1.165, 1.54) is 4.90 Å². The van der Waals surface area contributed by atoms with Gasteiger partial charge in [0.05, 0.1) is 18.7 Å². The molecular formula is C25H27N3O3. The number of aliphatic hydroxyl groups is 1. The minimum Gasteiger partial charge on any atom is -0.394 e. The van der Waals surface area contributed by atoms with Crippen LogP contribution < -0.4 is 0 Å². The zero-order chi connectivity index (χ0) is 22.1. The lowest BCUT2D eigenvalue weighted by Gasteiger charge is -2.53. The Morgan fingerprint density at radius 2 is 1.90 bits per heavy atom. The minimum atomic E-state index is -0.599. The number of aliphatic hydroxyl groups excluding tert-OH is 1. The number of likely N-dealkylation sites (tertiary alicyclic amines) is 1. The fourth-order valence-electron chi connectivity index (χ4n) is 4.68. The lowest BCUT2D eigenvalue weighted by atomic mass is 9.71. The maximum absolute atomic E-state index is 12.9. The van der Waals surface area contributed by atoms with Gasteiger partial charge in [-0.2, -0.15) is 5.26 Å². The summed E-state index contributed by atoms with van der Waals surface area (Å²) in [5, 5.41) is 20.0. The number of hydrogen-bond acceptors (Lipinski definition) is 4. The number of nitriles is 1. The Morgan fingerprint density at radius 3 is 2.52 bits per heavy atom. The molecule has 2 amide bonds. The number of hydrogen-bond donors (Lipinski definition) is 1. The third-order valence-electron chi connectivity index (χ3n) is 6.59. The summed E-state index contributed by atoms with van der Waals surface area (Å²) in [6, 6.07) is 16.5. The van der Waals surface area contributed by atoms with Crippen molar-refractivity contribution in [2.24, 2.45) is 5.92 Å². The minimum absolute atomic E-state index is 0.0100. The lowest BCUT2D eigenvalue weighted by molar-refractivity contribution is -0.154. The highest BCUT2D eigenvalue weighted by Crippen LogP contribution is 2.46. The molecule has 4 rings (SSSR count). The molecule has 0 radical (unpaired) electrons. The van der Waals surface area contributed by atoms with Crippen LogP contribution in [0.4, 0.5) is 0 Å². The van der Waals surface area contributed by atoms with Crippen molar-refractivity contribution in [1.29, 1.82) is 5.26 Å². The first-order chi connectivity index (χ1) is 15.0. The van der Waals surface area contributed by atoms with Gasteiger partial charge < -0.3 is 14.9 Å². The van der Waals surface area contributed by atoms with Crippen LogP contribution >= 0.6 is 0 Å². The monoisotopic (exact) mass is 417 g/mol. The Morgan fingerprint density at radius 1 is 1.16 bits per heavy atom. The maximum atomic E-state index is 12.9. The highest BCUT2D eigenvalue weighted by atomic mass is 16.3. The van der Waals surface area contributed by atoms with Crippen LogP contribution in [0.1, 0.15) is 41.1 Å². The van der Waals surface area contributed by atoms with Crippen molar-refractivity contribution < 1.29 is 14.7 Å². The average Bonchev–Trinajstić information content (AvgIpc) is 2.72. The number of nitrogens with zero attached hydrogens (tertiary/aromatic N) is 3. The zero-order valence-electron chi connectivity index (χ0n) is 17.9. The number of amides is 2. The molecule has 3 atom stereocenters. The van der Waals surface area contributed by atoms with E-state index in [4.69, 9.17) is 0 Å². The topological polar surface area (TPSA) is 84.6 Å². The van der Waals surface area contributed by atoms with Gasteiger partial charge in [-0.1, -0.05) is 42.8 Å². The molecule has 0 bridgehead atoms. The smallest absolute Gasteiger partial charge is 0.253 e. The molecule has 1 heterocycles. The SMILES string of the molecule is CN(C)C(=O)c1cccc(-c2ccccc2[C@@H]2[C@@H](C#N)N(C(=O)C3CCC3)[C@H]2CO)c1. The normalized spacial score (nSPS) is 22.8. The van der Waals surface area contributed by atoms with Crippen LogP contribution in [0, 0.1) is 17.2 Å². The molecule has 1 N–H and O–H groups in total. The Kier molecular flexibility index (Phi) is 5.79. The van der Waals surface area contributed by atoms with Gasteiger partial charge in [0, 0.05) is 31.5 Å². The molecule has 2 aliphatic rings. The molecule has 2 fully saturated rings. The molecule has 1 aliphatic heterocycles. The van der Waals surface area contributed by atoms with E-state index in [0.717, 1.165) is 36.0 Å². The first kappa shape index (κ1) is 21.1. The van der Waals surface area contributed by atoms with Gasteiger partial charge >= 0.3 is 0 Å². The molecule has 0 aromatic heterocycles. The fraction of sp³-hybridized carbons (Fsp3) is 0.400. The summed E-state index contributed by atoms with van der Waals surface area (Å²) in [4.78, 5) is 28.4. The molecule has 6 nitrogen and oxygen atoms in total. The summed E-state index contributed by atoms with van der Waals surface area (Å²) >= 11 is 0. The van der Waals surface area contributed by atoms with Crippen molar-refractivity contribution in [3.8, 4) is 17.2 Å². The predicted molar refractivity (Wildman–Crippen MR) is 117 cm³/mol. The van der Waals surface area contributed by atoms with E-state index in [-0.39, 0.29) is 30.3 Å². The van der Waals surface area contributed by atoms with Crippen LogP contribution in [-0.2, 0) is 4.79 Å². The van der Waals surface area contributed by atoms with Gasteiger partial charge in [0.1, 0.15) is 6.04 Å². The number of rotatable bonds is 5. The van der Waals surface area contributed by atoms with Gasteiger partial charge in [-0.3, -0.25) is 9.59 Å². The van der Waals surface area contributed by atoms with Crippen LogP contribution in [0.5, 0.6) is 0 Å². The molecule has 1 saturated carbocycles. The van der Waals surface area contributed by atoms with Crippen molar-refractivity contribution in [3.05, 3.63) is 59.7 Å².